The summed E-state index contributed by atoms with van der Waals surface area (Å²) in [7, 11) is 0. The number of piperidine rings is 1. The second kappa shape index (κ2) is 5.96. The van der Waals surface area contributed by atoms with Gasteiger partial charge in [-0.1, -0.05) is 6.92 Å². The largest absolute Gasteiger partial charge is 0.349 e. The summed E-state index contributed by atoms with van der Waals surface area (Å²) in [4.78, 5) is 21.8. The molecule has 2 atom stereocenters. The average molecular weight is 281 g/mol. The van der Waals surface area contributed by atoms with E-state index in [2.05, 4.69) is 10.6 Å². The van der Waals surface area contributed by atoms with Crippen molar-refractivity contribution >= 4 is 11.6 Å². The van der Waals surface area contributed by atoms with Gasteiger partial charge in [-0.15, -0.1) is 0 Å². The highest BCUT2D eigenvalue weighted by atomic mass is 19.1. The molecule has 0 bridgehead atoms. The highest BCUT2D eigenvalue weighted by Gasteiger charge is 2.24. The molecule has 1 saturated heterocycles. The molecule has 1 aliphatic rings. The van der Waals surface area contributed by atoms with Crippen LogP contribution in [0.1, 0.15) is 23.7 Å². The Morgan fingerprint density at radius 3 is 2.90 bits per heavy atom. The van der Waals surface area contributed by atoms with E-state index in [1.807, 2.05) is 6.92 Å². The van der Waals surface area contributed by atoms with Crippen LogP contribution >= 0.6 is 0 Å². The smallest absolute Gasteiger partial charge is 0.272 e. The first kappa shape index (κ1) is 14.4. The third-order valence-electron chi connectivity index (χ3n) is 3.51. The van der Waals surface area contributed by atoms with E-state index >= 15 is 0 Å². The lowest BCUT2D eigenvalue weighted by molar-refractivity contribution is -0.385. The molecule has 1 aromatic rings. The maximum absolute atomic E-state index is 13.7. The average Bonchev–Trinajstić information content (AvgIpc) is 2.41. The van der Waals surface area contributed by atoms with Crippen molar-refractivity contribution in [2.45, 2.75) is 19.4 Å². The van der Waals surface area contributed by atoms with Gasteiger partial charge in [0.15, 0.2) is 0 Å². The van der Waals surface area contributed by atoms with Gasteiger partial charge in [0.05, 0.1) is 16.6 Å². The summed E-state index contributed by atoms with van der Waals surface area (Å²) in [5.74, 6) is -1.15. The number of hydrogen-bond acceptors (Lipinski definition) is 4. The Bertz CT molecular complexity index is 536. The molecule has 1 heterocycles. The maximum atomic E-state index is 13.7. The van der Waals surface area contributed by atoms with E-state index in [4.69, 9.17) is 0 Å². The second-order valence-electron chi connectivity index (χ2n) is 4.97. The van der Waals surface area contributed by atoms with Crippen molar-refractivity contribution in [3.05, 3.63) is 39.7 Å². The zero-order valence-electron chi connectivity index (χ0n) is 11.1. The van der Waals surface area contributed by atoms with E-state index in [1.54, 1.807) is 0 Å². The normalized spacial score (nSPS) is 22.3. The summed E-state index contributed by atoms with van der Waals surface area (Å²) in [5, 5.41) is 16.5. The van der Waals surface area contributed by atoms with Crippen LogP contribution in [0.25, 0.3) is 0 Å². The van der Waals surface area contributed by atoms with Crippen molar-refractivity contribution in [2.24, 2.45) is 5.92 Å². The SMILES string of the molecule is CC1CNCCC1NC(=O)c1ccc([N+](=O)[O-])cc1F. The molecule has 2 rings (SSSR count). The predicted molar refractivity (Wildman–Crippen MR) is 71.0 cm³/mol. The Labute approximate surface area is 115 Å². The lowest BCUT2D eigenvalue weighted by Crippen LogP contribution is -2.48. The molecule has 1 aromatic carbocycles. The number of non-ortho nitro benzene ring substituents is 1. The third kappa shape index (κ3) is 3.11. The van der Waals surface area contributed by atoms with Crippen molar-refractivity contribution in [1.29, 1.82) is 0 Å². The van der Waals surface area contributed by atoms with Crippen LogP contribution in [0.2, 0.25) is 0 Å². The van der Waals surface area contributed by atoms with Crippen LogP contribution in [0.4, 0.5) is 10.1 Å². The Morgan fingerprint density at radius 1 is 1.55 bits per heavy atom. The van der Waals surface area contributed by atoms with Gasteiger partial charge >= 0.3 is 0 Å². The Kier molecular flexibility index (Phi) is 4.29. The Morgan fingerprint density at radius 2 is 2.30 bits per heavy atom. The van der Waals surface area contributed by atoms with E-state index in [0.29, 0.717) is 0 Å². The quantitative estimate of drug-likeness (QED) is 0.649. The zero-order chi connectivity index (χ0) is 14.7. The van der Waals surface area contributed by atoms with E-state index in [9.17, 15) is 19.3 Å². The van der Waals surface area contributed by atoms with Gasteiger partial charge in [0.25, 0.3) is 11.6 Å². The van der Waals surface area contributed by atoms with Gasteiger partial charge in [0.1, 0.15) is 5.82 Å². The Hall–Kier alpha value is -2.02. The number of nitro groups is 1. The first-order valence-corrected chi connectivity index (χ1v) is 6.44. The predicted octanol–water partition coefficient (Wildman–Crippen LogP) is 1.46. The van der Waals surface area contributed by atoms with Crippen LogP contribution in [0.3, 0.4) is 0 Å². The summed E-state index contributed by atoms with van der Waals surface area (Å²) >= 11 is 0. The summed E-state index contributed by atoms with van der Waals surface area (Å²) in [6.45, 7) is 3.61. The molecule has 20 heavy (non-hydrogen) atoms. The molecule has 0 spiro atoms. The standard InChI is InChI=1S/C13H16FN3O3/c1-8-7-15-5-4-12(8)16-13(18)10-3-2-9(17(19)20)6-11(10)14/h2-3,6,8,12,15H,4-5,7H2,1H3,(H,16,18). The topological polar surface area (TPSA) is 84.3 Å². The number of halogens is 1. The summed E-state index contributed by atoms with van der Waals surface area (Å²) < 4.78 is 13.7. The first-order chi connectivity index (χ1) is 9.49. The fraction of sp³-hybridized carbons (Fsp3) is 0.462. The lowest BCUT2D eigenvalue weighted by atomic mass is 9.95. The molecule has 0 aromatic heterocycles. The van der Waals surface area contributed by atoms with E-state index in [-0.39, 0.29) is 23.2 Å². The van der Waals surface area contributed by atoms with Crippen LogP contribution in [-0.2, 0) is 0 Å². The number of nitrogens with zero attached hydrogens (tertiary/aromatic N) is 1. The number of carbonyl (C=O) groups is 1. The van der Waals surface area contributed by atoms with Crippen LogP contribution in [0.15, 0.2) is 18.2 Å². The summed E-state index contributed by atoms with van der Waals surface area (Å²) in [5.41, 5.74) is -0.532. The van der Waals surface area contributed by atoms with Crippen molar-refractivity contribution in [3.63, 3.8) is 0 Å². The second-order valence-corrected chi connectivity index (χ2v) is 4.97. The maximum Gasteiger partial charge on any atom is 0.272 e. The number of nitrogens with one attached hydrogen (secondary N) is 2. The van der Waals surface area contributed by atoms with Gasteiger partial charge in [-0.05, 0) is 31.5 Å². The zero-order valence-corrected chi connectivity index (χ0v) is 11.1. The molecule has 0 radical (unpaired) electrons. The molecule has 2 N–H and O–H groups in total. The molecule has 1 aliphatic heterocycles. The number of hydrogen-bond donors (Lipinski definition) is 2. The molecule has 0 saturated carbocycles. The molecule has 0 aliphatic carbocycles. The summed E-state index contributed by atoms with van der Waals surface area (Å²) in [6, 6.07) is 3.03. The highest BCUT2D eigenvalue weighted by Crippen LogP contribution is 2.17. The van der Waals surface area contributed by atoms with E-state index < -0.39 is 16.6 Å². The number of amides is 1. The van der Waals surface area contributed by atoms with Crippen LogP contribution in [-0.4, -0.2) is 30.0 Å². The summed E-state index contributed by atoms with van der Waals surface area (Å²) in [6.07, 6.45) is 0.779. The van der Waals surface area contributed by atoms with Crippen molar-refractivity contribution in [2.75, 3.05) is 13.1 Å². The lowest BCUT2D eigenvalue weighted by Gasteiger charge is -2.30. The molecule has 2 unspecified atom stereocenters. The van der Waals surface area contributed by atoms with Gasteiger partial charge in [0, 0.05) is 12.1 Å². The number of rotatable bonds is 3. The minimum Gasteiger partial charge on any atom is -0.349 e. The first-order valence-electron chi connectivity index (χ1n) is 6.44. The van der Waals surface area contributed by atoms with Crippen LogP contribution < -0.4 is 10.6 Å². The highest BCUT2D eigenvalue weighted by molar-refractivity contribution is 5.94. The van der Waals surface area contributed by atoms with Crippen LogP contribution in [0.5, 0.6) is 0 Å². The van der Waals surface area contributed by atoms with E-state index in [1.165, 1.54) is 0 Å². The van der Waals surface area contributed by atoms with Gasteiger partial charge in [-0.2, -0.15) is 0 Å². The van der Waals surface area contributed by atoms with Gasteiger partial charge < -0.3 is 10.6 Å². The fourth-order valence-corrected chi connectivity index (χ4v) is 2.28. The number of nitro benzene ring substituents is 1. The monoisotopic (exact) mass is 281 g/mol. The van der Waals surface area contributed by atoms with Crippen molar-refractivity contribution in [1.82, 2.24) is 10.6 Å². The van der Waals surface area contributed by atoms with Gasteiger partial charge in [-0.3, -0.25) is 14.9 Å². The molecular formula is C13H16FN3O3. The molecule has 6 nitrogen and oxygen atoms in total. The third-order valence-corrected chi connectivity index (χ3v) is 3.51. The Balaban J connectivity index is 2.11. The molecule has 1 amide bonds. The van der Waals surface area contributed by atoms with Crippen molar-refractivity contribution < 1.29 is 14.1 Å². The van der Waals surface area contributed by atoms with Gasteiger partial charge in [-0.25, -0.2) is 4.39 Å². The molecular weight excluding hydrogens is 265 g/mol. The number of carbonyl (C=O) groups excluding carboxylic acids is 1. The van der Waals surface area contributed by atoms with Gasteiger partial charge in [0.2, 0.25) is 0 Å². The minimum atomic E-state index is -0.877. The minimum absolute atomic E-state index is 0.0154. The van der Waals surface area contributed by atoms with E-state index in [0.717, 1.165) is 37.7 Å². The molecule has 7 heteroatoms. The van der Waals surface area contributed by atoms with Crippen LogP contribution in [0, 0.1) is 21.8 Å². The molecule has 108 valence electrons. The number of benzene rings is 1. The molecule has 1 fully saturated rings. The van der Waals surface area contributed by atoms with Crippen molar-refractivity contribution in [3.8, 4) is 0 Å². The fourth-order valence-electron chi connectivity index (χ4n) is 2.28.